The van der Waals surface area contributed by atoms with E-state index in [2.05, 4.69) is 9.97 Å². The fourth-order valence-corrected chi connectivity index (χ4v) is 2.99. The Balaban J connectivity index is 2.30. The van der Waals surface area contributed by atoms with Gasteiger partial charge in [0.15, 0.2) is 9.84 Å². The maximum absolute atomic E-state index is 13.9. The largest absolute Gasteiger partial charge is 0.399 e. The van der Waals surface area contributed by atoms with Gasteiger partial charge in [0.2, 0.25) is 0 Å². The first-order valence-corrected chi connectivity index (χ1v) is 7.99. The van der Waals surface area contributed by atoms with Crippen molar-refractivity contribution in [1.82, 2.24) is 9.97 Å². The van der Waals surface area contributed by atoms with Crippen LogP contribution in [0.4, 0.5) is 10.1 Å². The smallest absolute Gasteiger partial charge is 0.177 e. The van der Waals surface area contributed by atoms with E-state index in [1.807, 2.05) is 0 Å². The fourth-order valence-electron chi connectivity index (χ4n) is 2.16. The monoisotopic (exact) mass is 305 g/mol. The normalized spacial score (nSPS) is 11.9. The highest BCUT2D eigenvalue weighted by molar-refractivity contribution is 7.91. The van der Waals surface area contributed by atoms with Gasteiger partial charge in [0.25, 0.3) is 0 Å². The van der Waals surface area contributed by atoms with Gasteiger partial charge in [-0.05, 0) is 30.3 Å². The van der Waals surface area contributed by atoms with Crippen LogP contribution in [0.3, 0.4) is 0 Å². The zero-order valence-electron chi connectivity index (χ0n) is 11.1. The van der Waals surface area contributed by atoms with Crippen molar-refractivity contribution in [3.8, 4) is 11.4 Å². The number of aromatic nitrogens is 2. The highest BCUT2D eigenvalue weighted by Crippen LogP contribution is 2.27. The fraction of sp³-hybridized carbons (Fsp3) is 0.0714. The molecule has 0 aliphatic rings. The van der Waals surface area contributed by atoms with Gasteiger partial charge in [0.05, 0.1) is 16.0 Å². The molecule has 0 spiro atoms. The van der Waals surface area contributed by atoms with E-state index in [9.17, 15) is 12.8 Å². The number of hydrogen-bond donors (Lipinski definition) is 2. The van der Waals surface area contributed by atoms with E-state index in [4.69, 9.17) is 5.73 Å². The maximum Gasteiger partial charge on any atom is 0.177 e. The van der Waals surface area contributed by atoms with Gasteiger partial charge in [-0.3, -0.25) is 0 Å². The molecule has 0 atom stereocenters. The van der Waals surface area contributed by atoms with Crippen molar-refractivity contribution >= 4 is 26.6 Å². The first kappa shape index (κ1) is 13.6. The lowest BCUT2D eigenvalue weighted by atomic mass is 10.2. The lowest BCUT2D eigenvalue weighted by Crippen LogP contribution is -1.97. The molecule has 0 saturated heterocycles. The molecule has 0 unspecified atom stereocenters. The molecule has 1 heterocycles. The van der Waals surface area contributed by atoms with Crippen LogP contribution < -0.4 is 5.73 Å². The minimum absolute atomic E-state index is 0.104. The van der Waals surface area contributed by atoms with E-state index in [1.54, 1.807) is 12.1 Å². The quantitative estimate of drug-likeness (QED) is 0.711. The first-order valence-electron chi connectivity index (χ1n) is 6.10. The standard InChI is InChI=1S/C14H12FN3O2S/c1-21(19,20)12-4-2-3-11-13(12)18-14(17-11)9-7-8(16)5-6-10(9)15/h2-7H,16H2,1H3,(H,17,18). The number of nitrogens with one attached hydrogen (secondary N) is 1. The highest BCUT2D eigenvalue weighted by atomic mass is 32.2. The van der Waals surface area contributed by atoms with E-state index in [0.717, 1.165) is 6.26 Å². The number of halogens is 1. The summed E-state index contributed by atoms with van der Waals surface area (Å²) in [5.41, 5.74) is 7.06. The lowest BCUT2D eigenvalue weighted by Gasteiger charge is -2.00. The third-order valence-electron chi connectivity index (χ3n) is 3.12. The lowest BCUT2D eigenvalue weighted by molar-refractivity contribution is 0.602. The molecule has 21 heavy (non-hydrogen) atoms. The zero-order chi connectivity index (χ0) is 15.2. The molecule has 7 heteroatoms. The van der Waals surface area contributed by atoms with Crippen molar-refractivity contribution in [2.75, 3.05) is 12.0 Å². The molecule has 0 aliphatic carbocycles. The second-order valence-corrected chi connectivity index (χ2v) is 6.73. The number of benzene rings is 2. The number of anilines is 1. The number of fused-ring (bicyclic) bond motifs is 1. The van der Waals surface area contributed by atoms with E-state index < -0.39 is 15.7 Å². The van der Waals surface area contributed by atoms with Gasteiger partial charge in [-0.1, -0.05) is 6.07 Å². The molecule has 1 aromatic heterocycles. The van der Waals surface area contributed by atoms with E-state index in [0.29, 0.717) is 11.2 Å². The summed E-state index contributed by atoms with van der Waals surface area (Å²) < 4.78 is 37.4. The maximum atomic E-state index is 13.9. The number of aromatic amines is 1. The third kappa shape index (κ3) is 2.36. The van der Waals surface area contributed by atoms with Crippen molar-refractivity contribution in [3.05, 3.63) is 42.2 Å². The summed E-state index contributed by atoms with van der Waals surface area (Å²) in [6.07, 6.45) is 1.11. The van der Waals surface area contributed by atoms with Gasteiger partial charge >= 0.3 is 0 Å². The van der Waals surface area contributed by atoms with Crippen molar-refractivity contribution in [2.24, 2.45) is 0 Å². The van der Waals surface area contributed by atoms with E-state index in [1.165, 1.54) is 24.3 Å². The van der Waals surface area contributed by atoms with Gasteiger partial charge in [-0.15, -0.1) is 0 Å². The second-order valence-electron chi connectivity index (χ2n) is 4.75. The first-order chi connectivity index (χ1) is 9.86. The van der Waals surface area contributed by atoms with Crippen LogP contribution in [0.25, 0.3) is 22.4 Å². The summed E-state index contributed by atoms with van der Waals surface area (Å²) >= 11 is 0. The van der Waals surface area contributed by atoms with Gasteiger partial charge in [0.1, 0.15) is 17.2 Å². The predicted octanol–water partition coefficient (Wildman–Crippen LogP) is 2.35. The molecule has 2 aromatic carbocycles. The molecule has 5 nitrogen and oxygen atoms in total. The molecule has 0 aliphatic heterocycles. The molecule has 3 rings (SSSR count). The van der Waals surface area contributed by atoms with Crippen molar-refractivity contribution in [1.29, 1.82) is 0 Å². The van der Waals surface area contributed by atoms with Crippen LogP contribution in [0.5, 0.6) is 0 Å². The number of imidazole rings is 1. The molecule has 3 aromatic rings. The summed E-state index contributed by atoms with van der Waals surface area (Å²) in [4.78, 5) is 7.25. The molecule has 0 radical (unpaired) electrons. The highest BCUT2D eigenvalue weighted by Gasteiger charge is 2.17. The third-order valence-corrected chi connectivity index (χ3v) is 4.25. The number of nitrogens with two attached hydrogens (primary N) is 1. The predicted molar refractivity (Wildman–Crippen MR) is 79.0 cm³/mol. The topological polar surface area (TPSA) is 88.8 Å². The SMILES string of the molecule is CS(=O)(=O)c1cccc2[nH]c(-c3cc(N)ccc3F)nc12. The average molecular weight is 305 g/mol. The summed E-state index contributed by atoms with van der Waals surface area (Å²) in [5.74, 6) is -0.241. The molecule has 0 fully saturated rings. The summed E-state index contributed by atoms with van der Waals surface area (Å²) in [5, 5.41) is 0. The molecule has 3 N–H and O–H groups in total. The number of hydrogen-bond acceptors (Lipinski definition) is 4. The van der Waals surface area contributed by atoms with Crippen LogP contribution in [-0.4, -0.2) is 24.6 Å². The van der Waals surface area contributed by atoms with Gasteiger partial charge in [-0.25, -0.2) is 17.8 Å². The minimum atomic E-state index is -3.42. The Morgan fingerprint density at radius 3 is 2.71 bits per heavy atom. The molecular formula is C14H12FN3O2S. The summed E-state index contributed by atoms with van der Waals surface area (Å²) in [6, 6.07) is 8.91. The van der Waals surface area contributed by atoms with Crippen LogP contribution >= 0.6 is 0 Å². The number of rotatable bonds is 2. The Hall–Kier alpha value is -2.41. The van der Waals surface area contributed by atoms with Crippen molar-refractivity contribution < 1.29 is 12.8 Å². The Morgan fingerprint density at radius 2 is 2.00 bits per heavy atom. The van der Waals surface area contributed by atoms with Crippen LogP contribution in [0.1, 0.15) is 0 Å². The van der Waals surface area contributed by atoms with E-state index in [-0.39, 0.29) is 21.8 Å². The number of nitrogen functional groups attached to an aromatic ring is 1. The molecular weight excluding hydrogens is 293 g/mol. The molecule has 108 valence electrons. The molecule has 0 saturated carbocycles. The summed E-state index contributed by atoms with van der Waals surface area (Å²) in [6.45, 7) is 0. The second kappa shape index (κ2) is 4.56. The summed E-state index contributed by atoms with van der Waals surface area (Å²) in [7, 11) is -3.42. The Morgan fingerprint density at radius 1 is 1.24 bits per heavy atom. The molecule has 0 amide bonds. The zero-order valence-corrected chi connectivity index (χ0v) is 11.9. The Labute approximate surface area is 120 Å². The van der Waals surface area contributed by atoms with Crippen LogP contribution in [-0.2, 0) is 9.84 Å². The molecule has 0 bridgehead atoms. The Bertz CT molecular complexity index is 948. The van der Waals surface area contributed by atoms with Gasteiger partial charge in [-0.2, -0.15) is 0 Å². The van der Waals surface area contributed by atoms with Crippen molar-refractivity contribution in [3.63, 3.8) is 0 Å². The van der Waals surface area contributed by atoms with Gasteiger partial charge in [0, 0.05) is 11.9 Å². The number of sulfone groups is 1. The van der Waals surface area contributed by atoms with Crippen molar-refractivity contribution in [2.45, 2.75) is 4.90 Å². The van der Waals surface area contributed by atoms with Crippen LogP contribution in [0.2, 0.25) is 0 Å². The average Bonchev–Trinajstić information content (AvgIpc) is 2.83. The minimum Gasteiger partial charge on any atom is -0.399 e. The number of nitrogens with zero attached hydrogens (tertiary/aromatic N) is 1. The van der Waals surface area contributed by atoms with Crippen LogP contribution in [0.15, 0.2) is 41.3 Å². The van der Waals surface area contributed by atoms with Crippen LogP contribution in [0, 0.1) is 5.82 Å². The number of para-hydroxylation sites is 1. The van der Waals surface area contributed by atoms with E-state index >= 15 is 0 Å². The van der Waals surface area contributed by atoms with Gasteiger partial charge < -0.3 is 10.7 Å². The number of H-pyrrole nitrogens is 1. The Kier molecular flexibility index (Phi) is 2.94.